The number of sulfonamides is 1. The van der Waals surface area contributed by atoms with Crippen molar-refractivity contribution in [3.8, 4) is 0 Å². The maximum Gasteiger partial charge on any atom is 0.241 e. The van der Waals surface area contributed by atoms with Crippen LogP contribution in [-0.2, 0) is 16.6 Å². The molecule has 2 rings (SSSR count). The molecule has 1 aromatic heterocycles. The van der Waals surface area contributed by atoms with Gasteiger partial charge < -0.3 is 5.32 Å². The zero-order valence-electron chi connectivity index (χ0n) is 10.6. The maximum atomic E-state index is 12.0. The Morgan fingerprint density at radius 1 is 1.44 bits per heavy atom. The van der Waals surface area contributed by atoms with Crippen molar-refractivity contribution >= 4 is 21.4 Å². The second kappa shape index (κ2) is 6.14. The van der Waals surface area contributed by atoms with Crippen LogP contribution in [0.4, 0.5) is 0 Å². The van der Waals surface area contributed by atoms with E-state index in [4.69, 9.17) is 0 Å². The van der Waals surface area contributed by atoms with E-state index in [0.29, 0.717) is 17.4 Å². The average Bonchev–Trinajstić information content (AvgIpc) is 2.73. The molecule has 1 aliphatic rings. The summed E-state index contributed by atoms with van der Waals surface area (Å²) in [5.41, 5.74) is 0. The van der Waals surface area contributed by atoms with Gasteiger partial charge in [0.2, 0.25) is 10.0 Å². The zero-order chi connectivity index (χ0) is 13.0. The average molecular weight is 288 g/mol. The van der Waals surface area contributed by atoms with Crippen LogP contribution in [0, 0.1) is 5.92 Å². The minimum Gasteiger partial charge on any atom is -0.312 e. The smallest absolute Gasteiger partial charge is 0.241 e. The molecule has 0 aromatic carbocycles. The Labute approximate surface area is 113 Å². The summed E-state index contributed by atoms with van der Waals surface area (Å²) in [7, 11) is -3.30. The Hall–Kier alpha value is -0.430. The summed E-state index contributed by atoms with van der Waals surface area (Å²) >= 11 is 1.49. The van der Waals surface area contributed by atoms with Crippen LogP contribution in [-0.4, -0.2) is 21.5 Å². The lowest BCUT2D eigenvalue weighted by Crippen LogP contribution is -2.32. The normalized spacial score (nSPS) is 16.7. The summed E-state index contributed by atoms with van der Waals surface area (Å²) in [5.74, 6) is 0.541. The SMILES string of the molecule is CCNCc1cc(S(=O)(=O)NCC2CCC2)cs1. The zero-order valence-corrected chi connectivity index (χ0v) is 12.2. The maximum absolute atomic E-state index is 12.0. The van der Waals surface area contributed by atoms with Crippen LogP contribution in [0.5, 0.6) is 0 Å². The Morgan fingerprint density at radius 3 is 2.83 bits per heavy atom. The van der Waals surface area contributed by atoms with E-state index in [2.05, 4.69) is 10.0 Å². The fraction of sp³-hybridized carbons (Fsp3) is 0.667. The van der Waals surface area contributed by atoms with Gasteiger partial charge in [0.05, 0.1) is 4.90 Å². The van der Waals surface area contributed by atoms with Crippen molar-refractivity contribution in [3.63, 3.8) is 0 Å². The molecule has 2 N–H and O–H groups in total. The molecular weight excluding hydrogens is 268 g/mol. The van der Waals surface area contributed by atoms with Crippen LogP contribution < -0.4 is 10.0 Å². The molecule has 1 heterocycles. The van der Waals surface area contributed by atoms with Gasteiger partial charge in [-0.25, -0.2) is 13.1 Å². The molecule has 0 spiro atoms. The van der Waals surface area contributed by atoms with Crippen LogP contribution in [0.1, 0.15) is 31.1 Å². The van der Waals surface area contributed by atoms with E-state index in [1.165, 1.54) is 17.8 Å². The van der Waals surface area contributed by atoms with E-state index < -0.39 is 10.0 Å². The molecule has 0 amide bonds. The number of hydrogen-bond donors (Lipinski definition) is 2. The molecule has 0 atom stereocenters. The summed E-state index contributed by atoms with van der Waals surface area (Å²) in [6.07, 6.45) is 3.54. The summed E-state index contributed by atoms with van der Waals surface area (Å²) in [4.78, 5) is 1.46. The lowest BCUT2D eigenvalue weighted by molar-refractivity contribution is 0.316. The van der Waals surface area contributed by atoms with Crippen LogP contribution in [0.15, 0.2) is 16.3 Å². The second-order valence-corrected chi connectivity index (χ2v) is 7.44. The standard InChI is InChI=1S/C12H20N2O2S2/c1-2-13-8-11-6-12(9-17-11)18(15,16)14-7-10-4-3-5-10/h6,9-10,13-14H,2-5,7-8H2,1H3. The van der Waals surface area contributed by atoms with E-state index in [1.54, 1.807) is 11.4 Å². The van der Waals surface area contributed by atoms with Crippen LogP contribution >= 0.6 is 11.3 Å². The van der Waals surface area contributed by atoms with E-state index >= 15 is 0 Å². The predicted molar refractivity (Wildman–Crippen MR) is 74.2 cm³/mol. The first-order chi connectivity index (χ1) is 8.62. The molecule has 1 fully saturated rings. The molecule has 0 bridgehead atoms. The lowest BCUT2D eigenvalue weighted by Gasteiger charge is -2.25. The monoisotopic (exact) mass is 288 g/mol. The van der Waals surface area contributed by atoms with Crippen molar-refractivity contribution in [1.82, 2.24) is 10.0 Å². The Bertz CT molecular complexity index is 478. The van der Waals surface area contributed by atoms with Gasteiger partial charge in [0.15, 0.2) is 0 Å². The third kappa shape index (κ3) is 3.54. The molecule has 102 valence electrons. The Kier molecular flexibility index (Phi) is 4.77. The van der Waals surface area contributed by atoms with E-state index in [9.17, 15) is 8.42 Å². The van der Waals surface area contributed by atoms with Gasteiger partial charge in [0.1, 0.15) is 0 Å². The number of thiophene rings is 1. The molecule has 0 unspecified atom stereocenters. The first-order valence-corrected chi connectivity index (χ1v) is 8.76. The van der Waals surface area contributed by atoms with Crippen molar-refractivity contribution in [2.24, 2.45) is 5.92 Å². The van der Waals surface area contributed by atoms with Gasteiger partial charge in [0, 0.05) is 23.3 Å². The van der Waals surface area contributed by atoms with Gasteiger partial charge in [-0.1, -0.05) is 13.3 Å². The summed E-state index contributed by atoms with van der Waals surface area (Å²) in [6.45, 7) is 4.24. The molecule has 0 saturated heterocycles. The summed E-state index contributed by atoms with van der Waals surface area (Å²) in [6, 6.07) is 1.76. The second-order valence-electron chi connectivity index (χ2n) is 4.68. The minimum atomic E-state index is -3.30. The summed E-state index contributed by atoms with van der Waals surface area (Å²) in [5, 5.41) is 4.91. The van der Waals surface area contributed by atoms with Crippen molar-refractivity contribution in [3.05, 3.63) is 16.3 Å². The minimum absolute atomic E-state index is 0.403. The van der Waals surface area contributed by atoms with Gasteiger partial charge in [-0.15, -0.1) is 11.3 Å². The molecule has 0 radical (unpaired) electrons. The third-order valence-electron chi connectivity index (χ3n) is 3.28. The molecule has 18 heavy (non-hydrogen) atoms. The molecular formula is C12H20N2O2S2. The van der Waals surface area contributed by atoms with Gasteiger partial charge in [0.25, 0.3) is 0 Å². The highest BCUT2D eigenvalue weighted by Crippen LogP contribution is 2.26. The van der Waals surface area contributed by atoms with Gasteiger partial charge >= 0.3 is 0 Å². The van der Waals surface area contributed by atoms with E-state index in [1.807, 2.05) is 6.92 Å². The van der Waals surface area contributed by atoms with E-state index in [-0.39, 0.29) is 0 Å². The Morgan fingerprint density at radius 2 is 2.22 bits per heavy atom. The van der Waals surface area contributed by atoms with Crippen LogP contribution in [0.25, 0.3) is 0 Å². The van der Waals surface area contributed by atoms with E-state index in [0.717, 1.165) is 30.8 Å². The first kappa shape index (κ1) is 14.0. The molecule has 6 heteroatoms. The number of rotatable bonds is 7. The lowest BCUT2D eigenvalue weighted by atomic mass is 9.86. The van der Waals surface area contributed by atoms with Crippen molar-refractivity contribution in [1.29, 1.82) is 0 Å². The van der Waals surface area contributed by atoms with Crippen molar-refractivity contribution in [2.75, 3.05) is 13.1 Å². The molecule has 1 aromatic rings. The summed E-state index contributed by atoms with van der Waals surface area (Å²) < 4.78 is 26.8. The molecule has 1 aliphatic carbocycles. The number of hydrogen-bond acceptors (Lipinski definition) is 4. The molecule has 0 aliphatic heterocycles. The predicted octanol–water partition coefficient (Wildman–Crippen LogP) is 1.94. The fourth-order valence-corrected chi connectivity index (χ4v) is 4.21. The van der Waals surface area contributed by atoms with Gasteiger partial charge in [-0.05, 0) is 31.4 Å². The largest absolute Gasteiger partial charge is 0.312 e. The number of nitrogens with one attached hydrogen (secondary N) is 2. The highest BCUT2D eigenvalue weighted by atomic mass is 32.2. The van der Waals surface area contributed by atoms with Crippen molar-refractivity contribution < 1.29 is 8.42 Å². The highest BCUT2D eigenvalue weighted by molar-refractivity contribution is 7.89. The molecule has 1 saturated carbocycles. The Balaban J connectivity index is 1.93. The first-order valence-electron chi connectivity index (χ1n) is 6.39. The van der Waals surface area contributed by atoms with Crippen LogP contribution in [0.3, 0.4) is 0 Å². The fourth-order valence-electron chi connectivity index (χ4n) is 1.85. The highest BCUT2D eigenvalue weighted by Gasteiger charge is 2.21. The quantitative estimate of drug-likeness (QED) is 0.806. The third-order valence-corrected chi connectivity index (χ3v) is 5.76. The van der Waals surface area contributed by atoms with Gasteiger partial charge in [-0.3, -0.25) is 0 Å². The topological polar surface area (TPSA) is 58.2 Å². The molecule has 4 nitrogen and oxygen atoms in total. The van der Waals surface area contributed by atoms with Gasteiger partial charge in [-0.2, -0.15) is 0 Å². The van der Waals surface area contributed by atoms with Crippen molar-refractivity contribution in [2.45, 2.75) is 37.6 Å². The van der Waals surface area contributed by atoms with Crippen LogP contribution in [0.2, 0.25) is 0 Å².